The molecule has 2 N–H and O–H groups in total. The van der Waals surface area contributed by atoms with Gasteiger partial charge in [0.15, 0.2) is 0 Å². The minimum Gasteiger partial charge on any atom is -0.365 e. The Labute approximate surface area is 111 Å². The van der Waals surface area contributed by atoms with Crippen LogP contribution in [0, 0.1) is 11.3 Å². The Hall–Kier alpha value is -1.83. The molecule has 0 aliphatic heterocycles. The van der Waals surface area contributed by atoms with Crippen molar-refractivity contribution in [2.75, 3.05) is 18.5 Å². The van der Waals surface area contributed by atoms with E-state index in [1.807, 2.05) is 36.7 Å². The van der Waals surface area contributed by atoms with Crippen molar-refractivity contribution in [1.29, 1.82) is 5.26 Å². The van der Waals surface area contributed by atoms with Gasteiger partial charge in [-0.05, 0) is 34.5 Å². The van der Waals surface area contributed by atoms with Crippen LogP contribution in [0.1, 0.15) is 17.2 Å². The largest absolute Gasteiger partial charge is 0.365 e. The Bertz CT molecular complexity index is 542. The van der Waals surface area contributed by atoms with Crippen LogP contribution in [0.25, 0.3) is 0 Å². The average molecular weight is 257 g/mol. The predicted octanol–water partition coefficient (Wildman–Crippen LogP) is 2.76. The minimum absolute atomic E-state index is 0.103. The zero-order valence-corrected chi connectivity index (χ0v) is 11.0. The molecule has 2 rings (SSSR count). The number of anilines is 1. The predicted molar refractivity (Wildman–Crippen MR) is 75.7 cm³/mol. The van der Waals surface area contributed by atoms with Crippen LogP contribution in [0.3, 0.4) is 0 Å². The van der Waals surface area contributed by atoms with Crippen molar-refractivity contribution in [1.82, 2.24) is 0 Å². The number of thiophene rings is 1. The molecular weight excluding hydrogens is 242 g/mol. The fourth-order valence-electron chi connectivity index (χ4n) is 2.03. The summed E-state index contributed by atoms with van der Waals surface area (Å²) in [5.41, 5.74) is 8.66. The van der Waals surface area contributed by atoms with Gasteiger partial charge in [-0.25, -0.2) is 0 Å². The van der Waals surface area contributed by atoms with E-state index in [2.05, 4.69) is 22.4 Å². The fraction of sp³-hybridized carbons (Fsp3) is 0.214. The number of likely N-dealkylation sites (N-methyl/N-ethyl adjacent to an activating group) is 1. The third kappa shape index (κ3) is 2.37. The molecule has 0 fully saturated rings. The van der Waals surface area contributed by atoms with Crippen molar-refractivity contribution in [3.05, 3.63) is 52.2 Å². The van der Waals surface area contributed by atoms with Crippen LogP contribution in [0.2, 0.25) is 0 Å². The van der Waals surface area contributed by atoms with Gasteiger partial charge in [0.2, 0.25) is 0 Å². The molecule has 0 aliphatic rings. The summed E-state index contributed by atoms with van der Waals surface area (Å²) in [6.45, 7) is 0.521. The van der Waals surface area contributed by atoms with Crippen LogP contribution >= 0.6 is 11.3 Å². The third-order valence-electron chi connectivity index (χ3n) is 3.02. The molecular formula is C14H15N3S. The lowest BCUT2D eigenvalue weighted by Crippen LogP contribution is -2.30. The second kappa shape index (κ2) is 5.67. The van der Waals surface area contributed by atoms with Crippen molar-refractivity contribution in [3.8, 4) is 6.07 Å². The maximum Gasteiger partial charge on any atom is 0.101 e. The normalized spacial score (nSPS) is 11.8. The van der Waals surface area contributed by atoms with E-state index < -0.39 is 0 Å². The molecule has 0 saturated carbocycles. The van der Waals surface area contributed by atoms with Gasteiger partial charge in [-0.15, -0.1) is 0 Å². The molecule has 0 aliphatic carbocycles. The van der Waals surface area contributed by atoms with Gasteiger partial charge in [0.1, 0.15) is 6.07 Å². The number of nitrogens with two attached hydrogens (primary N) is 1. The molecule has 3 nitrogen and oxygen atoms in total. The minimum atomic E-state index is 0.103. The van der Waals surface area contributed by atoms with Crippen molar-refractivity contribution in [2.24, 2.45) is 5.73 Å². The zero-order chi connectivity index (χ0) is 13.0. The van der Waals surface area contributed by atoms with Gasteiger partial charge in [0.25, 0.3) is 0 Å². The maximum atomic E-state index is 9.15. The van der Waals surface area contributed by atoms with Crippen LogP contribution in [0.4, 0.5) is 5.69 Å². The summed E-state index contributed by atoms with van der Waals surface area (Å²) in [5.74, 6) is 0. The molecule has 1 atom stereocenters. The van der Waals surface area contributed by atoms with E-state index in [-0.39, 0.29) is 6.04 Å². The standard InChI is InChI=1S/C14H15N3S/c1-17(13-5-3-2-4-11(13)8-15)14(9-16)12-6-7-18-10-12/h2-7,10,14H,9,16H2,1H3. The van der Waals surface area contributed by atoms with Gasteiger partial charge >= 0.3 is 0 Å². The van der Waals surface area contributed by atoms with Crippen molar-refractivity contribution in [3.63, 3.8) is 0 Å². The Kier molecular flexibility index (Phi) is 3.98. The van der Waals surface area contributed by atoms with Crippen LogP contribution in [-0.2, 0) is 0 Å². The number of benzene rings is 1. The highest BCUT2D eigenvalue weighted by Crippen LogP contribution is 2.28. The molecule has 1 aromatic carbocycles. The van der Waals surface area contributed by atoms with Crippen LogP contribution < -0.4 is 10.6 Å². The lowest BCUT2D eigenvalue weighted by Gasteiger charge is -2.29. The van der Waals surface area contributed by atoms with E-state index in [1.54, 1.807) is 11.3 Å². The van der Waals surface area contributed by atoms with E-state index in [9.17, 15) is 0 Å². The van der Waals surface area contributed by atoms with Gasteiger partial charge in [-0.1, -0.05) is 12.1 Å². The number of hydrogen-bond acceptors (Lipinski definition) is 4. The third-order valence-corrected chi connectivity index (χ3v) is 3.72. The summed E-state index contributed by atoms with van der Waals surface area (Å²) in [6, 6.07) is 12.0. The molecule has 1 aromatic heterocycles. The first-order valence-electron chi connectivity index (χ1n) is 5.72. The first-order valence-corrected chi connectivity index (χ1v) is 6.66. The van der Waals surface area contributed by atoms with Crippen LogP contribution in [-0.4, -0.2) is 13.6 Å². The summed E-state index contributed by atoms with van der Waals surface area (Å²) in [7, 11) is 1.98. The number of nitrogens with zero attached hydrogens (tertiary/aromatic N) is 2. The summed E-state index contributed by atoms with van der Waals surface area (Å²) >= 11 is 1.66. The molecule has 0 spiro atoms. The number of rotatable bonds is 4. The quantitative estimate of drug-likeness (QED) is 0.916. The van der Waals surface area contributed by atoms with Gasteiger partial charge in [-0.3, -0.25) is 0 Å². The van der Waals surface area contributed by atoms with E-state index >= 15 is 0 Å². The summed E-state index contributed by atoms with van der Waals surface area (Å²) in [6.07, 6.45) is 0. The summed E-state index contributed by atoms with van der Waals surface area (Å²) in [4.78, 5) is 2.07. The van der Waals surface area contributed by atoms with Crippen LogP contribution in [0.5, 0.6) is 0 Å². The van der Waals surface area contributed by atoms with E-state index in [4.69, 9.17) is 11.0 Å². The first kappa shape index (κ1) is 12.6. The highest BCUT2D eigenvalue weighted by Gasteiger charge is 2.18. The first-order chi connectivity index (χ1) is 8.77. The monoisotopic (exact) mass is 257 g/mol. The summed E-state index contributed by atoms with van der Waals surface area (Å²) in [5, 5.41) is 13.3. The van der Waals surface area contributed by atoms with Crippen molar-refractivity contribution >= 4 is 17.0 Å². The number of hydrogen-bond donors (Lipinski definition) is 1. The molecule has 0 amide bonds. The fourth-order valence-corrected chi connectivity index (χ4v) is 2.73. The molecule has 2 aromatic rings. The Morgan fingerprint density at radius 1 is 1.39 bits per heavy atom. The number of nitriles is 1. The maximum absolute atomic E-state index is 9.15. The molecule has 4 heteroatoms. The van der Waals surface area contributed by atoms with Gasteiger partial charge in [0.05, 0.1) is 17.3 Å². The molecule has 0 saturated heterocycles. The lowest BCUT2D eigenvalue weighted by atomic mass is 10.1. The lowest BCUT2D eigenvalue weighted by molar-refractivity contribution is 0.682. The van der Waals surface area contributed by atoms with Gasteiger partial charge < -0.3 is 10.6 Å². The Morgan fingerprint density at radius 3 is 2.78 bits per heavy atom. The zero-order valence-electron chi connectivity index (χ0n) is 10.2. The number of para-hydroxylation sites is 1. The van der Waals surface area contributed by atoms with Crippen molar-refractivity contribution < 1.29 is 0 Å². The highest BCUT2D eigenvalue weighted by molar-refractivity contribution is 7.08. The molecule has 92 valence electrons. The van der Waals surface area contributed by atoms with E-state index in [0.29, 0.717) is 12.1 Å². The second-order valence-electron chi connectivity index (χ2n) is 4.05. The average Bonchev–Trinajstić information content (AvgIpc) is 2.93. The molecule has 18 heavy (non-hydrogen) atoms. The van der Waals surface area contributed by atoms with Crippen molar-refractivity contribution in [2.45, 2.75) is 6.04 Å². The Balaban J connectivity index is 2.35. The topological polar surface area (TPSA) is 53.0 Å². The molecule has 1 heterocycles. The van der Waals surface area contributed by atoms with Gasteiger partial charge in [-0.2, -0.15) is 16.6 Å². The Morgan fingerprint density at radius 2 is 2.17 bits per heavy atom. The molecule has 0 radical (unpaired) electrons. The SMILES string of the molecule is CN(c1ccccc1C#N)C(CN)c1ccsc1. The van der Waals surface area contributed by atoms with E-state index in [1.165, 1.54) is 5.56 Å². The molecule has 0 bridgehead atoms. The summed E-state index contributed by atoms with van der Waals surface area (Å²) < 4.78 is 0. The van der Waals surface area contributed by atoms with Crippen LogP contribution in [0.15, 0.2) is 41.1 Å². The van der Waals surface area contributed by atoms with E-state index in [0.717, 1.165) is 5.69 Å². The second-order valence-corrected chi connectivity index (χ2v) is 4.83. The highest BCUT2D eigenvalue weighted by atomic mass is 32.1. The van der Waals surface area contributed by atoms with Gasteiger partial charge in [0, 0.05) is 13.6 Å². The molecule has 1 unspecified atom stereocenters. The smallest absolute Gasteiger partial charge is 0.101 e.